The molecule has 3 nitrogen and oxygen atoms in total. The van der Waals surface area contributed by atoms with Crippen molar-refractivity contribution in [2.45, 2.75) is 25.3 Å². The van der Waals surface area contributed by atoms with Gasteiger partial charge in [-0.15, -0.1) is 0 Å². The lowest BCUT2D eigenvalue weighted by molar-refractivity contribution is -0.141. The maximum atomic E-state index is 11.1. The summed E-state index contributed by atoms with van der Waals surface area (Å²) in [4.78, 5) is 11.1. The Morgan fingerprint density at radius 2 is 1.88 bits per heavy atom. The fourth-order valence-electron chi connectivity index (χ4n) is 1.84. The average molecular weight is 242 g/mol. The summed E-state index contributed by atoms with van der Waals surface area (Å²) in [6.07, 6.45) is 0. The van der Waals surface area contributed by atoms with E-state index in [9.17, 15) is 4.79 Å². The van der Waals surface area contributed by atoms with Gasteiger partial charge in [0.1, 0.15) is 6.04 Å². The van der Waals surface area contributed by atoms with Crippen molar-refractivity contribution in [1.29, 1.82) is 0 Å². The molecule has 0 heterocycles. The van der Waals surface area contributed by atoms with Gasteiger partial charge in [0, 0.05) is 10.4 Å². The van der Waals surface area contributed by atoms with Crippen LogP contribution in [0.2, 0.25) is 5.02 Å². The van der Waals surface area contributed by atoms with Crippen LogP contribution in [0, 0.1) is 0 Å². The summed E-state index contributed by atoms with van der Waals surface area (Å²) >= 11 is 5.81. The number of carboxylic acids is 1. The number of likely N-dealkylation sites (N-methyl/N-ethyl adjacent to an activating group) is 1. The van der Waals surface area contributed by atoms with Crippen LogP contribution < -0.4 is 5.32 Å². The first-order chi connectivity index (χ1) is 7.39. The molecule has 0 spiro atoms. The Morgan fingerprint density at radius 3 is 2.25 bits per heavy atom. The Bertz CT molecular complexity index is 373. The summed E-state index contributed by atoms with van der Waals surface area (Å²) in [7, 11) is 1.65. The van der Waals surface area contributed by atoms with Gasteiger partial charge in [0.2, 0.25) is 0 Å². The summed E-state index contributed by atoms with van der Waals surface area (Å²) < 4.78 is 0. The molecule has 16 heavy (non-hydrogen) atoms. The maximum absolute atomic E-state index is 11.1. The average Bonchev–Trinajstić information content (AvgIpc) is 2.18. The Hall–Kier alpha value is -1.06. The third kappa shape index (κ3) is 2.54. The van der Waals surface area contributed by atoms with E-state index in [1.54, 1.807) is 19.2 Å². The topological polar surface area (TPSA) is 49.3 Å². The number of nitrogens with one attached hydrogen (secondary N) is 1. The molecule has 0 aliphatic heterocycles. The second-order valence-electron chi connectivity index (χ2n) is 4.29. The number of hydrogen-bond acceptors (Lipinski definition) is 2. The van der Waals surface area contributed by atoms with E-state index in [-0.39, 0.29) is 0 Å². The van der Waals surface area contributed by atoms with Gasteiger partial charge in [-0.3, -0.25) is 4.79 Å². The molecule has 1 atom stereocenters. The lowest BCUT2D eigenvalue weighted by Crippen LogP contribution is -2.48. The van der Waals surface area contributed by atoms with Gasteiger partial charge in [-0.05, 0) is 24.7 Å². The highest BCUT2D eigenvalue weighted by molar-refractivity contribution is 6.30. The molecule has 1 aromatic carbocycles. The Labute approximate surface area is 100 Å². The molecule has 0 aliphatic carbocycles. The quantitative estimate of drug-likeness (QED) is 0.851. The Kier molecular flexibility index (Phi) is 3.94. The number of aliphatic carboxylic acids is 1. The monoisotopic (exact) mass is 241 g/mol. The second kappa shape index (κ2) is 4.85. The van der Waals surface area contributed by atoms with Crippen molar-refractivity contribution >= 4 is 17.6 Å². The number of hydrogen-bond donors (Lipinski definition) is 2. The van der Waals surface area contributed by atoms with Crippen LogP contribution in [0.3, 0.4) is 0 Å². The number of benzene rings is 1. The van der Waals surface area contributed by atoms with Crippen LogP contribution in [0.25, 0.3) is 0 Å². The molecule has 0 aliphatic rings. The van der Waals surface area contributed by atoms with Crippen molar-refractivity contribution in [3.63, 3.8) is 0 Å². The standard InChI is InChI=1S/C12H16ClNO2/c1-12(2,10(14-3)11(15)16)8-4-6-9(13)7-5-8/h4-7,10,14H,1-3H3,(H,15,16). The van der Waals surface area contributed by atoms with E-state index in [0.717, 1.165) is 5.56 Å². The third-order valence-corrected chi connectivity index (χ3v) is 3.10. The zero-order chi connectivity index (χ0) is 12.3. The second-order valence-corrected chi connectivity index (χ2v) is 4.72. The van der Waals surface area contributed by atoms with E-state index in [4.69, 9.17) is 16.7 Å². The lowest BCUT2D eigenvalue weighted by Gasteiger charge is -2.31. The van der Waals surface area contributed by atoms with Gasteiger partial charge in [-0.1, -0.05) is 37.6 Å². The van der Waals surface area contributed by atoms with E-state index < -0.39 is 17.4 Å². The summed E-state index contributed by atoms with van der Waals surface area (Å²) in [6, 6.07) is 6.62. The zero-order valence-corrected chi connectivity index (χ0v) is 10.4. The van der Waals surface area contributed by atoms with E-state index in [0.29, 0.717) is 5.02 Å². The van der Waals surface area contributed by atoms with Crippen LogP contribution >= 0.6 is 11.6 Å². The molecule has 0 saturated heterocycles. The smallest absolute Gasteiger partial charge is 0.321 e. The molecular formula is C12H16ClNO2. The van der Waals surface area contributed by atoms with Gasteiger partial charge in [-0.25, -0.2) is 0 Å². The summed E-state index contributed by atoms with van der Waals surface area (Å²) in [6.45, 7) is 3.79. The van der Waals surface area contributed by atoms with Crippen LogP contribution in [0.4, 0.5) is 0 Å². The lowest BCUT2D eigenvalue weighted by atomic mass is 9.78. The Balaban J connectivity index is 3.08. The predicted octanol–water partition coefficient (Wildman–Crippen LogP) is 2.29. The summed E-state index contributed by atoms with van der Waals surface area (Å²) in [5.74, 6) is -0.859. The summed E-state index contributed by atoms with van der Waals surface area (Å²) in [5.41, 5.74) is 0.448. The largest absolute Gasteiger partial charge is 0.480 e. The highest BCUT2D eigenvalue weighted by Crippen LogP contribution is 2.28. The molecule has 1 unspecified atom stereocenters. The summed E-state index contributed by atoms with van der Waals surface area (Å²) in [5, 5.41) is 12.6. The van der Waals surface area contributed by atoms with Crippen molar-refractivity contribution in [3.8, 4) is 0 Å². The van der Waals surface area contributed by atoms with Gasteiger partial charge >= 0.3 is 5.97 Å². The van der Waals surface area contributed by atoms with E-state index in [2.05, 4.69) is 5.32 Å². The van der Waals surface area contributed by atoms with Crippen LogP contribution in [-0.2, 0) is 10.2 Å². The molecule has 2 N–H and O–H groups in total. The van der Waals surface area contributed by atoms with Crippen molar-refractivity contribution in [2.75, 3.05) is 7.05 Å². The van der Waals surface area contributed by atoms with Crippen LogP contribution in [0.1, 0.15) is 19.4 Å². The molecule has 88 valence electrons. The number of carboxylic acid groups (broad SMARTS) is 1. The number of halogens is 1. The molecule has 0 fully saturated rings. The molecule has 0 bridgehead atoms. The predicted molar refractivity (Wildman–Crippen MR) is 65.0 cm³/mol. The van der Waals surface area contributed by atoms with Gasteiger partial charge in [-0.2, -0.15) is 0 Å². The normalized spacial score (nSPS) is 13.5. The molecule has 0 saturated carbocycles. The first kappa shape index (κ1) is 13.0. The number of carbonyl (C=O) groups is 1. The van der Waals surface area contributed by atoms with E-state index in [1.165, 1.54) is 0 Å². The molecule has 0 amide bonds. The molecular weight excluding hydrogens is 226 g/mol. The van der Waals surface area contributed by atoms with Gasteiger partial charge in [0.25, 0.3) is 0 Å². The Morgan fingerprint density at radius 1 is 1.38 bits per heavy atom. The molecule has 0 aromatic heterocycles. The minimum absolute atomic E-state index is 0.495. The van der Waals surface area contributed by atoms with Crippen LogP contribution in [0.15, 0.2) is 24.3 Å². The SMILES string of the molecule is CNC(C(=O)O)C(C)(C)c1ccc(Cl)cc1. The minimum Gasteiger partial charge on any atom is -0.480 e. The minimum atomic E-state index is -0.859. The first-order valence-corrected chi connectivity index (χ1v) is 5.43. The molecule has 1 rings (SSSR count). The van der Waals surface area contributed by atoms with Gasteiger partial charge < -0.3 is 10.4 Å². The molecule has 0 radical (unpaired) electrons. The highest BCUT2D eigenvalue weighted by atomic mass is 35.5. The highest BCUT2D eigenvalue weighted by Gasteiger charge is 2.35. The first-order valence-electron chi connectivity index (χ1n) is 5.05. The fourth-order valence-corrected chi connectivity index (χ4v) is 1.97. The van der Waals surface area contributed by atoms with E-state index in [1.807, 2.05) is 26.0 Å². The molecule has 4 heteroatoms. The number of rotatable bonds is 4. The van der Waals surface area contributed by atoms with Crippen molar-refractivity contribution in [1.82, 2.24) is 5.32 Å². The van der Waals surface area contributed by atoms with Crippen molar-refractivity contribution in [2.24, 2.45) is 0 Å². The van der Waals surface area contributed by atoms with Crippen LogP contribution in [0.5, 0.6) is 0 Å². The van der Waals surface area contributed by atoms with Gasteiger partial charge in [0.15, 0.2) is 0 Å². The van der Waals surface area contributed by atoms with Gasteiger partial charge in [0.05, 0.1) is 0 Å². The third-order valence-electron chi connectivity index (χ3n) is 2.85. The van der Waals surface area contributed by atoms with Crippen LogP contribution in [-0.4, -0.2) is 24.2 Å². The molecule has 1 aromatic rings. The van der Waals surface area contributed by atoms with Crippen molar-refractivity contribution < 1.29 is 9.90 Å². The fraction of sp³-hybridized carbons (Fsp3) is 0.417. The van der Waals surface area contributed by atoms with Crippen molar-refractivity contribution in [3.05, 3.63) is 34.9 Å². The zero-order valence-electron chi connectivity index (χ0n) is 9.62. The van der Waals surface area contributed by atoms with E-state index >= 15 is 0 Å². The maximum Gasteiger partial charge on any atom is 0.321 e.